The zero-order chi connectivity index (χ0) is 25.2. The third-order valence-corrected chi connectivity index (χ3v) is 6.85. The molecule has 0 aliphatic carbocycles. The predicted octanol–water partition coefficient (Wildman–Crippen LogP) is 4.43. The van der Waals surface area contributed by atoms with Crippen LogP contribution in [0.25, 0.3) is 0 Å². The van der Waals surface area contributed by atoms with Crippen LogP contribution in [0.1, 0.15) is 46.6 Å². The first-order valence-electron chi connectivity index (χ1n) is 12.2. The van der Waals surface area contributed by atoms with E-state index < -0.39 is 5.82 Å². The lowest BCUT2D eigenvalue weighted by Crippen LogP contribution is -2.49. The van der Waals surface area contributed by atoms with Gasteiger partial charge in [0.25, 0.3) is 5.91 Å². The zero-order valence-corrected chi connectivity index (χ0v) is 20.5. The Bertz CT molecular complexity index is 1280. The summed E-state index contributed by atoms with van der Waals surface area (Å²) in [5.74, 6) is 0.0581. The fourth-order valence-electron chi connectivity index (χ4n) is 4.76. The fraction of sp³-hybridized carbons (Fsp3) is 0.321. The number of amides is 1. The molecule has 3 heterocycles. The number of carbonyl (C=O) groups is 2. The molecule has 1 amide bonds. The zero-order valence-electron chi connectivity index (χ0n) is 20.5. The third kappa shape index (κ3) is 4.95. The van der Waals surface area contributed by atoms with Crippen molar-refractivity contribution in [3.63, 3.8) is 0 Å². The Hall–Kier alpha value is -3.78. The molecular weight excluding hydrogens is 459 g/mol. The Morgan fingerprint density at radius 3 is 2.44 bits per heavy atom. The molecule has 0 N–H and O–H groups in total. The first kappa shape index (κ1) is 23.9. The molecule has 2 aliphatic rings. The van der Waals surface area contributed by atoms with E-state index in [1.165, 1.54) is 18.6 Å². The molecule has 36 heavy (non-hydrogen) atoms. The van der Waals surface area contributed by atoms with Crippen molar-refractivity contribution in [1.29, 1.82) is 0 Å². The maximum absolute atomic E-state index is 14.6. The van der Waals surface area contributed by atoms with Gasteiger partial charge in [-0.05, 0) is 49.7 Å². The highest BCUT2D eigenvalue weighted by molar-refractivity contribution is 6.03. The largest absolute Gasteiger partial charge is 0.467 e. The number of benzene rings is 2. The molecule has 8 heteroatoms. The van der Waals surface area contributed by atoms with Gasteiger partial charge in [0.15, 0.2) is 5.78 Å². The van der Waals surface area contributed by atoms with Gasteiger partial charge in [-0.2, -0.15) is 5.10 Å². The number of anilines is 1. The standard InChI is InChI=1S/C28H29FN4O3/c1-19-5-7-21(8-6-19)24-17-26(27-4-3-15-36-27)33(30-24)28(35)18-31-11-13-32(14-12-31)25-10-9-22(20(2)34)16-23(25)29/h3-10,15-16,26H,11-14,17-18H2,1-2H3. The first-order valence-corrected chi connectivity index (χ1v) is 12.2. The van der Waals surface area contributed by atoms with Crippen LogP contribution in [-0.4, -0.2) is 60.0 Å². The van der Waals surface area contributed by atoms with Crippen LogP contribution in [0.4, 0.5) is 10.1 Å². The van der Waals surface area contributed by atoms with Gasteiger partial charge in [0, 0.05) is 38.2 Å². The highest BCUT2D eigenvalue weighted by Crippen LogP contribution is 2.33. The lowest BCUT2D eigenvalue weighted by atomic mass is 10.0. The third-order valence-electron chi connectivity index (χ3n) is 6.85. The number of aryl methyl sites for hydroxylation is 1. The first-order chi connectivity index (χ1) is 17.4. The highest BCUT2D eigenvalue weighted by Gasteiger charge is 2.35. The van der Waals surface area contributed by atoms with Crippen LogP contribution >= 0.6 is 0 Å². The van der Waals surface area contributed by atoms with Gasteiger partial charge in [-0.15, -0.1) is 0 Å². The number of hydrazone groups is 1. The molecule has 0 bridgehead atoms. The number of piperazine rings is 1. The lowest BCUT2D eigenvalue weighted by Gasteiger charge is -2.36. The smallest absolute Gasteiger partial charge is 0.257 e. The number of Topliss-reactive ketones (excluding diaryl/α,β-unsaturated/α-hetero) is 1. The van der Waals surface area contributed by atoms with Crippen LogP contribution in [0.15, 0.2) is 70.4 Å². The van der Waals surface area contributed by atoms with E-state index in [1.807, 2.05) is 48.2 Å². The summed E-state index contributed by atoms with van der Waals surface area (Å²) in [5.41, 5.74) is 3.87. The van der Waals surface area contributed by atoms with E-state index in [1.54, 1.807) is 23.4 Å². The summed E-state index contributed by atoms with van der Waals surface area (Å²) in [7, 11) is 0. The van der Waals surface area contributed by atoms with E-state index in [0.717, 1.165) is 11.3 Å². The molecule has 5 rings (SSSR count). The molecule has 1 unspecified atom stereocenters. The minimum Gasteiger partial charge on any atom is -0.467 e. The Kier molecular flexibility index (Phi) is 6.69. The summed E-state index contributed by atoms with van der Waals surface area (Å²) in [5, 5.41) is 6.27. The summed E-state index contributed by atoms with van der Waals surface area (Å²) >= 11 is 0. The lowest BCUT2D eigenvalue weighted by molar-refractivity contribution is -0.134. The molecule has 186 valence electrons. The van der Waals surface area contributed by atoms with Gasteiger partial charge in [0.05, 0.1) is 24.2 Å². The van der Waals surface area contributed by atoms with Crippen LogP contribution < -0.4 is 4.90 Å². The van der Waals surface area contributed by atoms with E-state index >= 15 is 0 Å². The van der Waals surface area contributed by atoms with Crippen LogP contribution in [0.2, 0.25) is 0 Å². The summed E-state index contributed by atoms with van der Waals surface area (Å²) in [4.78, 5) is 28.9. The van der Waals surface area contributed by atoms with Gasteiger partial charge in [0.1, 0.15) is 17.6 Å². The van der Waals surface area contributed by atoms with E-state index in [-0.39, 0.29) is 24.3 Å². The molecule has 3 aromatic rings. The quantitative estimate of drug-likeness (QED) is 0.480. The van der Waals surface area contributed by atoms with Crippen LogP contribution in [0, 0.1) is 12.7 Å². The minimum atomic E-state index is -0.399. The molecule has 0 radical (unpaired) electrons. The van der Waals surface area contributed by atoms with Gasteiger partial charge in [-0.3, -0.25) is 14.5 Å². The SMILES string of the molecule is CC(=O)c1ccc(N2CCN(CC(=O)N3N=C(c4ccc(C)cc4)CC3c3ccco3)CC2)c(F)c1. The van der Waals surface area contributed by atoms with E-state index in [4.69, 9.17) is 9.52 Å². The maximum Gasteiger partial charge on any atom is 0.257 e. The number of furan rings is 1. The molecule has 2 aliphatic heterocycles. The predicted molar refractivity (Wildman–Crippen MR) is 136 cm³/mol. The molecule has 1 fully saturated rings. The summed E-state index contributed by atoms with van der Waals surface area (Å²) in [6.45, 7) is 6.10. The van der Waals surface area contributed by atoms with Crippen molar-refractivity contribution in [2.45, 2.75) is 26.3 Å². The molecule has 0 saturated carbocycles. The number of carbonyl (C=O) groups excluding carboxylic acids is 2. The van der Waals surface area contributed by atoms with Crippen LogP contribution in [0.5, 0.6) is 0 Å². The number of rotatable bonds is 6. The molecule has 7 nitrogen and oxygen atoms in total. The number of ketones is 1. The minimum absolute atomic E-state index is 0.0936. The second-order valence-corrected chi connectivity index (χ2v) is 9.37. The van der Waals surface area contributed by atoms with Crippen molar-refractivity contribution in [2.24, 2.45) is 5.10 Å². The number of halogens is 1. The van der Waals surface area contributed by atoms with E-state index in [9.17, 15) is 14.0 Å². The van der Waals surface area contributed by atoms with Crippen LogP contribution in [0.3, 0.4) is 0 Å². The second-order valence-electron chi connectivity index (χ2n) is 9.37. The van der Waals surface area contributed by atoms with Crippen LogP contribution in [-0.2, 0) is 4.79 Å². The molecule has 1 saturated heterocycles. The topological polar surface area (TPSA) is 69.4 Å². The van der Waals surface area contributed by atoms with Crippen molar-refractivity contribution in [3.05, 3.63) is 89.1 Å². The Balaban J connectivity index is 1.26. The molecule has 2 aromatic carbocycles. The van der Waals surface area contributed by atoms with E-state index in [0.29, 0.717) is 49.6 Å². The Labute approximate surface area is 209 Å². The van der Waals surface area contributed by atoms with Gasteiger partial charge in [0.2, 0.25) is 0 Å². The van der Waals surface area contributed by atoms with E-state index in [2.05, 4.69) is 4.90 Å². The highest BCUT2D eigenvalue weighted by atomic mass is 19.1. The number of hydrogen-bond donors (Lipinski definition) is 0. The maximum atomic E-state index is 14.6. The summed E-state index contributed by atoms with van der Waals surface area (Å²) in [6, 6.07) is 16.2. The van der Waals surface area contributed by atoms with Gasteiger partial charge >= 0.3 is 0 Å². The normalized spacial score (nSPS) is 18.4. The Morgan fingerprint density at radius 1 is 1.06 bits per heavy atom. The molecular formula is C28H29FN4O3. The van der Waals surface area contributed by atoms with Crippen molar-refractivity contribution in [1.82, 2.24) is 9.91 Å². The average Bonchev–Trinajstić information content (AvgIpc) is 3.55. The van der Waals surface area contributed by atoms with Crippen molar-refractivity contribution in [2.75, 3.05) is 37.6 Å². The number of hydrogen-bond acceptors (Lipinski definition) is 6. The molecule has 1 atom stereocenters. The second kappa shape index (κ2) is 10.1. The van der Waals surface area contributed by atoms with Gasteiger partial charge in [-0.1, -0.05) is 29.8 Å². The fourth-order valence-corrected chi connectivity index (χ4v) is 4.76. The van der Waals surface area contributed by atoms with Gasteiger partial charge in [-0.25, -0.2) is 9.40 Å². The van der Waals surface area contributed by atoms with Crippen molar-refractivity contribution < 1.29 is 18.4 Å². The van der Waals surface area contributed by atoms with Gasteiger partial charge < -0.3 is 9.32 Å². The summed E-state index contributed by atoms with van der Waals surface area (Å²) in [6.07, 6.45) is 2.20. The van der Waals surface area contributed by atoms with Crippen molar-refractivity contribution >= 4 is 23.1 Å². The Morgan fingerprint density at radius 2 is 1.81 bits per heavy atom. The molecule has 1 aromatic heterocycles. The monoisotopic (exact) mass is 488 g/mol. The average molecular weight is 489 g/mol. The van der Waals surface area contributed by atoms with Crippen molar-refractivity contribution in [3.8, 4) is 0 Å². The molecule has 0 spiro atoms. The number of nitrogens with zero attached hydrogens (tertiary/aromatic N) is 4. The summed E-state index contributed by atoms with van der Waals surface area (Å²) < 4.78 is 20.2.